The van der Waals surface area contributed by atoms with E-state index < -0.39 is 20.9 Å². The Kier molecular flexibility index (Phi) is 3.26. The number of aromatic hydroxyl groups is 1. The van der Waals surface area contributed by atoms with Crippen molar-refractivity contribution < 1.29 is 28.2 Å². The van der Waals surface area contributed by atoms with Gasteiger partial charge in [-0.05, 0) is 24.3 Å². The SMILES string of the molecule is O=C(O)C1=NC(COc2ccc(O)cc2)=CS1(=O)=O. The molecule has 19 heavy (non-hydrogen) atoms. The Bertz CT molecular complexity index is 672. The summed E-state index contributed by atoms with van der Waals surface area (Å²) in [5.41, 5.74) is 0.00507. The summed E-state index contributed by atoms with van der Waals surface area (Å²) in [6.07, 6.45) is 0. The first-order chi connectivity index (χ1) is 8.88. The van der Waals surface area contributed by atoms with Gasteiger partial charge in [0.1, 0.15) is 18.1 Å². The Balaban J connectivity index is 2.09. The van der Waals surface area contributed by atoms with E-state index in [0.717, 1.165) is 5.41 Å². The molecular weight excluding hydrogens is 274 g/mol. The number of hydrogen-bond donors (Lipinski definition) is 2. The summed E-state index contributed by atoms with van der Waals surface area (Å²) < 4.78 is 28.0. The van der Waals surface area contributed by atoms with E-state index in [2.05, 4.69) is 4.99 Å². The molecule has 1 aliphatic rings. The van der Waals surface area contributed by atoms with Gasteiger partial charge in [0, 0.05) is 0 Å². The predicted molar refractivity (Wildman–Crippen MR) is 65.7 cm³/mol. The maximum Gasteiger partial charge on any atom is 0.366 e. The third kappa shape index (κ3) is 2.91. The lowest BCUT2D eigenvalue weighted by atomic mass is 10.3. The van der Waals surface area contributed by atoms with Crippen LogP contribution in [0.2, 0.25) is 0 Å². The number of carboxylic acid groups (broad SMARTS) is 1. The zero-order chi connectivity index (χ0) is 14.0. The van der Waals surface area contributed by atoms with Gasteiger partial charge < -0.3 is 14.9 Å². The molecular formula is C11H9NO6S. The van der Waals surface area contributed by atoms with E-state index in [1.165, 1.54) is 24.3 Å². The van der Waals surface area contributed by atoms with Gasteiger partial charge in [0.15, 0.2) is 0 Å². The maximum absolute atomic E-state index is 11.4. The lowest BCUT2D eigenvalue weighted by Crippen LogP contribution is -2.19. The van der Waals surface area contributed by atoms with Crippen LogP contribution in [-0.2, 0) is 14.6 Å². The fourth-order valence-corrected chi connectivity index (χ4v) is 2.47. The Labute approximate surface area is 108 Å². The van der Waals surface area contributed by atoms with Crippen molar-refractivity contribution in [1.82, 2.24) is 0 Å². The normalized spacial score (nSPS) is 16.6. The topological polar surface area (TPSA) is 113 Å². The number of aliphatic carboxylic acids is 1. The molecule has 2 N–H and O–H groups in total. The molecule has 7 nitrogen and oxygen atoms in total. The van der Waals surface area contributed by atoms with Crippen LogP contribution in [0.15, 0.2) is 40.4 Å². The second-order valence-electron chi connectivity index (χ2n) is 3.66. The molecule has 0 saturated heterocycles. The van der Waals surface area contributed by atoms with Crippen LogP contribution in [0.3, 0.4) is 0 Å². The van der Waals surface area contributed by atoms with Gasteiger partial charge in [0.2, 0.25) is 14.9 Å². The summed E-state index contributed by atoms with van der Waals surface area (Å²) in [6, 6.07) is 5.78. The molecule has 1 aliphatic heterocycles. The van der Waals surface area contributed by atoms with E-state index >= 15 is 0 Å². The van der Waals surface area contributed by atoms with Gasteiger partial charge in [-0.1, -0.05) is 0 Å². The van der Waals surface area contributed by atoms with E-state index in [9.17, 15) is 13.2 Å². The van der Waals surface area contributed by atoms with Crippen LogP contribution in [0.4, 0.5) is 0 Å². The van der Waals surface area contributed by atoms with Crippen LogP contribution in [0.5, 0.6) is 11.5 Å². The second-order valence-corrected chi connectivity index (χ2v) is 5.37. The molecule has 0 aromatic heterocycles. The summed E-state index contributed by atoms with van der Waals surface area (Å²) in [7, 11) is -3.98. The summed E-state index contributed by atoms with van der Waals surface area (Å²) in [6.45, 7) is -0.180. The molecule has 8 heteroatoms. The largest absolute Gasteiger partial charge is 0.508 e. The molecule has 1 heterocycles. The number of sulfone groups is 1. The molecule has 0 radical (unpaired) electrons. The summed E-state index contributed by atoms with van der Waals surface area (Å²) >= 11 is 0. The average Bonchev–Trinajstić information content (AvgIpc) is 2.64. The number of ether oxygens (including phenoxy) is 1. The Morgan fingerprint density at radius 1 is 1.26 bits per heavy atom. The highest BCUT2D eigenvalue weighted by Crippen LogP contribution is 2.19. The maximum atomic E-state index is 11.4. The highest BCUT2D eigenvalue weighted by Gasteiger charge is 2.31. The third-order valence-electron chi connectivity index (χ3n) is 2.21. The number of phenols is 1. The van der Waals surface area contributed by atoms with Crippen LogP contribution < -0.4 is 4.74 Å². The zero-order valence-corrected chi connectivity index (χ0v) is 10.3. The minimum Gasteiger partial charge on any atom is -0.508 e. The number of phenolic OH excluding ortho intramolecular Hbond substituents is 1. The monoisotopic (exact) mass is 283 g/mol. The number of rotatable bonds is 4. The van der Waals surface area contributed by atoms with Crippen LogP contribution in [0, 0.1) is 0 Å². The highest BCUT2D eigenvalue weighted by molar-refractivity contribution is 8.11. The van der Waals surface area contributed by atoms with E-state index in [4.69, 9.17) is 14.9 Å². The Morgan fingerprint density at radius 2 is 1.89 bits per heavy atom. The van der Waals surface area contributed by atoms with Crippen molar-refractivity contribution in [3.8, 4) is 11.5 Å². The van der Waals surface area contributed by atoms with Gasteiger partial charge >= 0.3 is 5.97 Å². The fraction of sp³-hybridized carbons (Fsp3) is 0.0909. The lowest BCUT2D eigenvalue weighted by molar-refractivity contribution is -0.129. The van der Waals surface area contributed by atoms with Gasteiger partial charge in [0.05, 0.1) is 11.1 Å². The number of benzene rings is 1. The van der Waals surface area contributed by atoms with Gasteiger partial charge in [-0.15, -0.1) is 0 Å². The first kappa shape index (κ1) is 13.1. The van der Waals surface area contributed by atoms with Crippen LogP contribution >= 0.6 is 0 Å². The third-order valence-corrected chi connectivity index (χ3v) is 3.60. The van der Waals surface area contributed by atoms with Crippen molar-refractivity contribution in [3.63, 3.8) is 0 Å². The number of carbonyl (C=O) groups is 1. The molecule has 1 aromatic rings. The number of carboxylic acids is 1. The van der Waals surface area contributed by atoms with Gasteiger partial charge in [-0.25, -0.2) is 18.2 Å². The molecule has 0 aliphatic carbocycles. The Hall–Kier alpha value is -2.35. The zero-order valence-electron chi connectivity index (χ0n) is 9.48. The molecule has 0 unspecified atom stereocenters. The smallest absolute Gasteiger partial charge is 0.366 e. The molecule has 100 valence electrons. The quantitative estimate of drug-likeness (QED) is 0.833. The minimum atomic E-state index is -3.98. The number of nitrogens with zero attached hydrogens (tertiary/aromatic N) is 1. The molecule has 0 atom stereocenters. The fourth-order valence-electron chi connectivity index (χ4n) is 1.39. The van der Waals surface area contributed by atoms with Crippen molar-refractivity contribution in [1.29, 1.82) is 0 Å². The standard InChI is InChI=1S/C11H9NO6S/c13-8-1-3-9(4-2-8)18-5-7-6-19(16,17)10(12-7)11(14)15/h1-4,6,13H,5H2,(H,14,15). The van der Waals surface area contributed by atoms with Crippen molar-refractivity contribution in [2.24, 2.45) is 4.99 Å². The summed E-state index contributed by atoms with van der Waals surface area (Å²) in [5, 5.41) is 17.6. The summed E-state index contributed by atoms with van der Waals surface area (Å²) in [4.78, 5) is 14.2. The van der Waals surface area contributed by atoms with E-state index in [-0.39, 0.29) is 18.1 Å². The number of hydrogen-bond acceptors (Lipinski definition) is 6. The molecule has 0 spiro atoms. The Morgan fingerprint density at radius 3 is 2.42 bits per heavy atom. The molecule has 0 amide bonds. The molecule has 0 saturated carbocycles. The molecule has 1 aromatic carbocycles. The number of aliphatic imine (C=N–C) groups is 1. The first-order valence-corrected chi connectivity index (χ1v) is 6.62. The lowest BCUT2D eigenvalue weighted by Gasteiger charge is -2.04. The summed E-state index contributed by atoms with van der Waals surface area (Å²) in [5.74, 6) is -1.13. The predicted octanol–water partition coefficient (Wildman–Crippen LogP) is 0.524. The van der Waals surface area contributed by atoms with Crippen molar-refractivity contribution in [2.75, 3.05) is 6.61 Å². The van der Waals surface area contributed by atoms with Gasteiger partial charge in [-0.3, -0.25) is 0 Å². The molecule has 0 bridgehead atoms. The van der Waals surface area contributed by atoms with Crippen molar-refractivity contribution in [3.05, 3.63) is 35.4 Å². The van der Waals surface area contributed by atoms with Crippen molar-refractivity contribution in [2.45, 2.75) is 0 Å². The van der Waals surface area contributed by atoms with Crippen molar-refractivity contribution >= 4 is 20.9 Å². The highest BCUT2D eigenvalue weighted by atomic mass is 32.2. The second kappa shape index (κ2) is 4.73. The van der Waals surface area contributed by atoms with Crippen LogP contribution in [0.25, 0.3) is 0 Å². The molecule has 0 fully saturated rings. The van der Waals surface area contributed by atoms with Gasteiger partial charge in [-0.2, -0.15) is 0 Å². The van der Waals surface area contributed by atoms with E-state index in [1.54, 1.807) is 0 Å². The molecule has 2 rings (SSSR count). The van der Waals surface area contributed by atoms with E-state index in [0.29, 0.717) is 5.75 Å². The van der Waals surface area contributed by atoms with Gasteiger partial charge in [0.25, 0.3) is 0 Å². The average molecular weight is 283 g/mol. The van der Waals surface area contributed by atoms with Crippen LogP contribution in [-0.4, -0.2) is 36.3 Å². The first-order valence-electron chi connectivity index (χ1n) is 5.08. The van der Waals surface area contributed by atoms with E-state index in [1.807, 2.05) is 0 Å². The minimum absolute atomic E-state index is 0.00507. The van der Waals surface area contributed by atoms with Crippen LogP contribution in [0.1, 0.15) is 0 Å².